The predicted molar refractivity (Wildman–Crippen MR) is 72.8 cm³/mol. The summed E-state index contributed by atoms with van der Waals surface area (Å²) >= 11 is 3.40. The van der Waals surface area contributed by atoms with Gasteiger partial charge in [0, 0.05) is 30.0 Å². The van der Waals surface area contributed by atoms with Gasteiger partial charge < -0.3 is 10.1 Å². The summed E-state index contributed by atoms with van der Waals surface area (Å²) in [5.41, 5.74) is 0. The van der Waals surface area contributed by atoms with E-state index in [1.807, 2.05) is 35.1 Å². The monoisotopic (exact) mass is 307 g/mol. The lowest BCUT2D eigenvalue weighted by Crippen LogP contribution is -2.44. The molecule has 1 aliphatic heterocycles. The molecule has 0 aliphatic carbocycles. The van der Waals surface area contributed by atoms with E-state index < -0.39 is 0 Å². The maximum absolute atomic E-state index is 5.73. The van der Waals surface area contributed by atoms with Gasteiger partial charge in [-0.05, 0) is 24.3 Å². The van der Waals surface area contributed by atoms with Crippen molar-refractivity contribution in [1.29, 1.82) is 0 Å². The van der Waals surface area contributed by atoms with E-state index in [0.29, 0.717) is 5.92 Å². The Kier molecular flexibility index (Phi) is 3.34. The van der Waals surface area contributed by atoms with E-state index in [9.17, 15) is 0 Å². The third kappa shape index (κ3) is 2.73. The molecule has 5 heteroatoms. The van der Waals surface area contributed by atoms with Gasteiger partial charge in [-0.25, -0.2) is 0 Å². The van der Waals surface area contributed by atoms with Gasteiger partial charge in [0.15, 0.2) is 5.75 Å². The summed E-state index contributed by atoms with van der Waals surface area (Å²) in [6.45, 7) is 3.13. The molecule has 2 heterocycles. The predicted octanol–water partition coefficient (Wildman–Crippen LogP) is 2.66. The van der Waals surface area contributed by atoms with E-state index in [-0.39, 0.29) is 0 Å². The highest BCUT2D eigenvalue weighted by Gasteiger charge is 2.17. The van der Waals surface area contributed by atoms with Crippen LogP contribution in [0.4, 0.5) is 0 Å². The summed E-state index contributed by atoms with van der Waals surface area (Å²) in [7, 11) is 0. The molecule has 1 N–H and O–H groups in total. The van der Waals surface area contributed by atoms with Gasteiger partial charge >= 0.3 is 0 Å². The van der Waals surface area contributed by atoms with Crippen molar-refractivity contribution in [3.63, 3.8) is 0 Å². The lowest BCUT2D eigenvalue weighted by molar-refractivity contribution is 0.295. The summed E-state index contributed by atoms with van der Waals surface area (Å²) < 4.78 is 8.72. The standard InChI is InChI=1S/C13H14BrN3O/c14-11-1-3-12(4-2-11)18-13-7-16-17(9-13)8-10-5-15-6-10/h1-4,7,9-10,15H,5-6,8H2. The van der Waals surface area contributed by atoms with Crippen LogP contribution in [-0.4, -0.2) is 22.9 Å². The maximum Gasteiger partial charge on any atom is 0.165 e. The fourth-order valence-corrected chi connectivity index (χ4v) is 2.14. The molecule has 0 amide bonds. The number of hydrogen-bond acceptors (Lipinski definition) is 3. The second kappa shape index (κ2) is 5.12. The van der Waals surface area contributed by atoms with Crippen LogP contribution in [0.2, 0.25) is 0 Å². The topological polar surface area (TPSA) is 39.1 Å². The van der Waals surface area contributed by atoms with Crippen LogP contribution in [0.15, 0.2) is 41.1 Å². The first-order chi connectivity index (χ1) is 8.79. The molecule has 0 atom stereocenters. The maximum atomic E-state index is 5.73. The summed E-state index contributed by atoms with van der Waals surface area (Å²) in [6.07, 6.45) is 3.70. The molecule has 3 rings (SSSR count). The highest BCUT2D eigenvalue weighted by molar-refractivity contribution is 9.10. The highest BCUT2D eigenvalue weighted by atomic mass is 79.9. The molecular formula is C13H14BrN3O. The van der Waals surface area contributed by atoms with Crippen molar-refractivity contribution in [1.82, 2.24) is 15.1 Å². The van der Waals surface area contributed by atoms with Gasteiger partial charge in [-0.15, -0.1) is 0 Å². The Morgan fingerprint density at radius 3 is 2.72 bits per heavy atom. The van der Waals surface area contributed by atoms with E-state index in [0.717, 1.165) is 35.6 Å². The molecule has 0 saturated carbocycles. The van der Waals surface area contributed by atoms with Gasteiger partial charge in [-0.2, -0.15) is 5.10 Å². The van der Waals surface area contributed by atoms with Gasteiger partial charge in [-0.1, -0.05) is 15.9 Å². The second-order valence-electron chi connectivity index (χ2n) is 4.48. The van der Waals surface area contributed by atoms with Crippen molar-refractivity contribution >= 4 is 15.9 Å². The fraction of sp³-hybridized carbons (Fsp3) is 0.308. The number of rotatable bonds is 4. The lowest BCUT2D eigenvalue weighted by Gasteiger charge is -2.26. The Morgan fingerprint density at radius 1 is 1.28 bits per heavy atom. The van der Waals surface area contributed by atoms with Crippen LogP contribution in [0.3, 0.4) is 0 Å². The Morgan fingerprint density at radius 2 is 2.06 bits per heavy atom. The zero-order valence-electron chi connectivity index (χ0n) is 9.84. The average molecular weight is 308 g/mol. The van der Waals surface area contributed by atoms with Gasteiger partial charge in [-0.3, -0.25) is 4.68 Å². The van der Waals surface area contributed by atoms with Gasteiger partial charge in [0.1, 0.15) is 5.75 Å². The van der Waals surface area contributed by atoms with E-state index in [1.165, 1.54) is 0 Å². The summed E-state index contributed by atoms with van der Waals surface area (Å²) in [6, 6.07) is 7.77. The molecule has 4 nitrogen and oxygen atoms in total. The largest absolute Gasteiger partial charge is 0.454 e. The van der Waals surface area contributed by atoms with E-state index in [1.54, 1.807) is 6.20 Å². The minimum Gasteiger partial charge on any atom is -0.454 e. The van der Waals surface area contributed by atoms with Crippen LogP contribution >= 0.6 is 15.9 Å². The van der Waals surface area contributed by atoms with E-state index >= 15 is 0 Å². The first-order valence-electron chi connectivity index (χ1n) is 5.96. The zero-order valence-corrected chi connectivity index (χ0v) is 11.4. The Hall–Kier alpha value is -1.33. The number of nitrogens with one attached hydrogen (secondary N) is 1. The molecule has 0 bridgehead atoms. The minimum atomic E-state index is 0.699. The molecule has 18 heavy (non-hydrogen) atoms. The van der Waals surface area contributed by atoms with Crippen LogP contribution in [-0.2, 0) is 6.54 Å². The third-order valence-corrected chi connectivity index (χ3v) is 3.50. The van der Waals surface area contributed by atoms with Crippen LogP contribution in [0.25, 0.3) is 0 Å². The molecule has 2 aromatic rings. The SMILES string of the molecule is Brc1ccc(Oc2cnn(CC3CNC3)c2)cc1. The van der Waals surface area contributed by atoms with Crippen molar-refractivity contribution < 1.29 is 4.74 Å². The van der Waals surface area contributed by atoms with Gasteiger partial charge in [0.2, 0.25) is 0 Å². The van der Waals surface area contributed by atoms with Crippen molar-refractivity contribution in [2.45, 2.75) is 6.54 Å². The number of hydrogen-bond donors (Lipinski definition) is 1. The van der Waals surface area contributed by atoms with Crippen molar-refractivity contribution in [3.8, 4) is 11.5 Å². The van der Waals surface area contributed by atoms with E-state index in [4.69, 9.17) is 4.74 Å². The number of ether oxygens (including phenoxy) is 1. The third-order valence-electron chi connectivity index (χ3n) is 2.97. The quantitative estimate of drug-likeness (QED) is 0.944. The fourth-order valence-electron chi connectivity index (χ4n) is 1.88. The van der Waals surface area contributed by atoms with Crippen LogP contribution in [0.5, 0.6) is 11.5 Å². The molecule has 1 aromatic carbocycles. The van der Waals surface area contributed by atoms with Crippen molar-refractivity contribution in [3.05, 3.63) is 41.1 Å². The lowest BCUT2D eigenvalue weighted by atomic mass is 10.0. The molecule has 0 spiro atoms. The molecule has 1 fully saturated rings. The molecule has 1 aromatic heterocycles. The number of benzene rings is 1. The van der Waals surface area contributed by atoms with Crippen molar-refractivity contribution in [2.24, 2.45) is 5.92 Å². The Balaban J connectivity index is 1.63. The van der Waals surface area contributed by atoms with Crippen LogP contribution in [0, 0.1) is 5.92 Å². The molecule has 1 saturated heterocycles. The average Bonchev–Trinajstić information content (AvgIpc) is 2.75. The summed E-state index contributed by atoms with van der Waals surface area (Å²) in [4.78, 5) is 0. The second-order valence-corrected chi connectivity index (χ2v) is 5.39. The molecule has 94 valence electrons. The first-order valence-corrected chi connectivity index (χ1v) is 6.75. The molecular weight excluding hydrogens is 294 g/mol. The first kappa shape index (κ1) is 11.7. The van der Waals surface area contributed by atoms with Gasteiger partial charge in [0.05, 0.1) is 12.4 Å². The smallest absolute Gasteiger partial charge is 0.165 e. The Bertz CT molecular complexity index is 519. The van der Waals surface area contributed by atoms with E-state index in [2.05, 4.69) is 26.3 Å². The molecule has 0 unspecified atom stereocenters. The highest BCUT2D eigenvalue weighted by Crippen LogP contribution is 2.23. The normalized spacial score (nSPS) is 15.4. The van der Waals surface area contributed by atoms with Crippen LogP contribution in [0.1, 0.15) is 0 Å². The Labute approximate surface area is 114 Å². The number of aromatic nitrogens is 2. The summed E-state index contributed by atoms with van der Waals surface area (Å²) in [5, 5.41) is 7.56. The number of nitrogens with zero attached hydrogens (tertiary/aromatic N) is 2. The molecule has 0 radical (unpaired) electrons. The summed E-state index contributed by atoms with van der Waals surface area (Å²) in [5.74, 6) is 2.30. The van der Waals surface area contributed by atoms with Crippen LogP contribution < -0.4 is 10.1 Å². The zero-order chi connectivity index (χ0) is 12.4. The number of halogens is 1. The van der Waals surface area contributed by atoms with Crippen molar-refractivity contribution in [2.75, 3.05) is 13.1 Å². The van der Waals surface area contributed by atoms with Gasteiger partial charge in [0.25, 0.3) is 0 Å². The molecule has 1 aliphatic rings. The minimum absolute atomic E-state index is 0.699.